The van der Waals surface area contributed by atoms with E-state index in [1.165, 1.54) is 23.3 Å². The Kier molecular flexibility index (Phi) is 4.09. The van der Waals surface area contributed by atoms with Gasteiger partial charge in [0.15, 0.2) is 34.6 Å². The number of hydrogen-bond acceptors (Lipinski definition) is 5. The molecule has 184 valence electrons. The third-order valence-corrected chi connectivity index (χ3v) is 8.59. The molecule has 0 amide bonds. The van der Waals surface area contributed by atoms with Crippen LogP contribution in [-0.2, 0) is 5.41 Å². The lowest BCUT2D eigenvalue weighted by Crippen LogP contribution is -2.34. The summed E-state index contributed by atoms with van der Waals surface area (Å²) in [5.74, 6) is 1.87. The van der Waals surface area contributed by atoms with Crippen LogP contribution in [0.2, 0.25) is 10.0 Å². The van der Waals surface area contributed by atoms with Crippen LogP contribution in [0.25, 0.3) is 6.08 Å². The number of allylic oxidation sites excluding steroid dienone is 1. The molecule has 4 aliphatic rings. The number of Topliss-reactive ketones (excluding diaryl/α,β-unsaturated/α-hetero) is 2. The number of para-hydroxylation sites is 2. The molecule has 0 saturated carbocycles. The van der Waals surface area contributed by atoms with Crippen molar-refractivity contribution in [1.29, 1.82) is 0 Å². The maximum Gasteiger partial charge on any atom is 0.197 e. The van der Waals surface area contributed by atoms with E-state index in [-0.39, 0.29) is 43.7 Å². The Bertz CT molecular complexity index is 1750. The minimum Gasteiger partial charge on any atom is -0.453 e. The van der Waals surface area contributed by atoms with Gasteiger partial charge in [0, 0.05) is 16.5 Å². The number of benzene rings is 4. The second kappa shape index (κ2) is 7.07. The standard InChI is InChI=1S/C31H17Cl2NO4/c1-31(2)18-5-3-7-22-26(18)34-27-19(31)6-4-8-23(27)38-25-11-14(10-24(37-22)28(25)34)9-17-29(35)15-12-20(32)21(33)13-16(15)30(17)36/h3-13H,1-2H3. The van der Waals surface area contributed by atoms with Crippen LogP contribution in [0.5, 0.6) is 23.0 Å². The number of carbonyl (C=O) groups excluding carboxylic acids is 2. The summed E-state index contributed by atoms with van der Waals surface area (Å²) < 4.78 is 12.9. The van der Waals surface area contributed by atoms with Gasteiger partial charge in [0.05, 0.1) is 27.0 Å². The Morgan fingerprint density at radius 1 is 0.711 bits per heavy atom. The van der Waals surface area contributed by atoms with Crippen molar-refractivity contribution in [1.82, 2.24) is 0 Å². The highest BCUT2D eigenvalue weighted by Gasteiger charge is 2.46. The van der Waals surface area contributed by atoms with Crippen LogP contribution in [0.15, 0.2) is 66.2 Å². The van der Waals surface area contributed by atoms with E-state index in [1.54, 1.807) is 6.08 Å². The van der Waals surface area contributed by atoms with E-state index in [1.807, 2.05) is 36.4 Å². The molecule has 1 aliphatic carbocycles. The topological polar surface area (TPSA) is 55.8 Å². The van der Waals surface area contributed by atoms with Gasteiger partial charge in [0.2, 0.25) is 0 Å². The minimum absolute atomic E-state index is 0.0437. The molecule has 4 aromatic rings. The fourth-order valence-electron chi connectivity index (χ4n) is 6.07. The lowest BCUT2D eigenvalue weighted by molar-refractivity contribution is 0.0990. The lowest BCUT2D eigenvalue weighted by Gasteiger charge is -2.47. The molecule has 0 unspecified atom stereocenters. The fourth-order valence-corrected chi connectivity index (χ4v) is 6.40. The number of carbonyl (C=O) groups is 2. The molecule has 3 heterocycles. The maximum atomic E-state index is 13.2. The van der Waals surface area contributed by atoms with Gasteiger partial charge in [-0.2, -0.15) is 0 Å². The highest BCUT2D eigenvalue weighted by molar-refractivity contribution is 6.46. The van der Waals surface area contributed by atoms with Crippen molar-refractivity contribution in [3.05, 3.63) is 104 Å². The number of ketones is 2. The molecule has 0 bridgehead atoms. The Labute approximate surface area is 227 Å². The summed E-state index contributed by atoms with van der Waals surface area (Å²) in [4.78, 5) is 28.5. The van der Waals surface area contributed by atoms with Crippen LogP contribution in [0.3, 0.4) is 0 Å². The summed E-state index contributed by atoms with van der Waals surface area (Å²) in [5, 5.41) is 0.460. The van der Waals surface area contributed by atoms with Crippen molar-refractivity contribution in [2.45, 2.75) is 19.3 Å². The maximum absolute atomic E-state index is 13.2. The predicted molar refractivity (Wildman–Crippen MR) is 147 cm³/mol. The molecule has 5 nitrogen and oxygen atoms in total. The highest BCUT2D eigenvalue weighted by atomic mass is 35.5. The van der Waals surface area contributed by atoms with Crippen LogP contribution in [0, 0.1) is 0 Å². The molecule has 0 aromatic heterocycles. The van der Waals surface area contributed by atoms with Gasteiger partial charge in [-0.15, -0.1) is 0 Å². The molecule has 4 aromatic carbocycles. The zero-order chi connectivity index (χ0) is 26.1. The van der Waals surface area contributed by atoms with Gasteiger partial charge >= 0.3 is 0 Å². The number of nitrogens with zero attached hydrogens (tertiary/aromatic N) is 1. The van der Waals surface area contributed by atoms with Crippen molar-refractivity contribution in [3.63, 3.8) is 0 Å². The average molecular weight is 538 g/mol. The molecule has 0 fully saturated rings. The highest BCUT2D eigenvalue weighted by Crippen LogP contribution is 2.66. The Balaban J connectivity index is 1.32. The molecule has 0 N–H and O–H groups in total. The SMILES string of the molecule is CC1(C)c2cccc3c2N2c4c(cc(C=C5C(=O)c6cc(Cl)c(Cl)cc6C5=O)cc4Oc4cccc1c42)O3. The Morgan fingerprint density at radius 3 is 1.71 bits per heavy atom. The zero-order valence-corrected chi connectivity index (χ0v) is 21.7. The molecule has 0 atom stereocenters. The van der Waals surface area contributed by atoms with E-state index in [2.05, 4.69) is 30.9 Å². The molecule has 8 rings (SSSR count). The fraction of sp³-hybridized carbons (Fsp3) is 0.0968. The van der Waals surface area contributed by atoms with Gasteiger partial charge in [-0.3, -0.25) is 14.5 Å². The molecule has 38 heavy (non-hydrogen) atoms. The van der Waals surface area contributed by atoms with E-state index in [9.17, 15) is 9.59 Å². The first-order valence-corrected chi connectivity index (χ1v) is 12.9. The van der Waals surface area contributed by atoms with Crippen molar-refractivity contribution in [2.75, 3.05) is 4.90 Å². The number of anilines is 3. The van der Waals surface area contributed by atoms with Gasteiger partial charge < -0.3 is 9.47 Å². The van der Waals surface area contributed by atoms with Crippen LogP contribution in [0.1, 0.15) is 51.3 Å². The number of halogens is 2. The summed E-state index contributed by atoms with van der Waals surface area (Å²) in [6, 6.07) is 18.8. The number of hydrogen-bond donors (Lipinski definition) is 0. The van der Waals surface area contributed by atoms with E-state index in [0.717, 1.165) is 28.6 Å². The number of ether oxygens (including phenoxy) is 2. The molecule has 0 radical (unpaired) electrons. The first-order valence-electron chi connectivity index (χ1n) is 12.1. The average Bonchev–Trinajstić information content (AvgIpc) is 3.11. The quantitative estimate of drug-likeness (QED) is 0.155. The molecule has 0 spiro atoms. The second-order valence-corrected chi connectivity index (χ2v) is 11.2. The summed E-state index contributed by atoms with van der Waals surface area (Å²) in [6.07, 6.45) is 1.58. The molecular weight excluding hydrogens is 521 g/mol. The first kappa shape index (κ1) is 22.0. The third-order valence-electron chi connectivity index (χ3n) is 7.87. The Morgan fingerprint density at radius 2 is 1.21 bits per heavy atom. The second-order valence-electron chi connectivity index (χ2n) is 10.4. The lowest BCUT2D eigenvalue weighted by atomic mass is 9.72. The van der Waals surface area contributed by atoms with Gasteiger partial charge in [-0.25, -0.2) is 0 Å². The van der Waals surface area contributed by atoms with E-state index >= 15 is 0 Å². The molecule has 0 saturated heterocycles. The Hall–Kier alpha value is -4.06. The largest absolute Gasteiger partial charge is 0.453 e. The van der Waals surface area contributed by atoms with Crippen molar-refractivity contribution in [2.24, 2.45) is 0 Å². The summed E-state index contributed by atoms with van der Waals surface area (Å²) >= 11 is 12.2. The molecule has 7 heteroatoms. The van der Waals surface area contributed by atoms with E-state index in [0.29, 0.717) is 17.1 Å². The first-order chi connectivity index (χ1) is 18.2. The van der Waals surface area contributed by atoms with Crippen molar-refractivity contribution in [3.8, 4) is 23.0 Å². The van der Waals surface area contributed by atoms with Crippen molar-refractivity contribution >= 4 is 57.9 Å². The summed E-state index contributed by atoms with van der Waals surface area (Å²) in [7, 11) is 0. The zero-order valence-electron chi connectivity index (χ0n) is 20.2. The third kappa shape index (κ3) is 2.62. The van der Waals surface area contributed by atoms with Gasteiger partial charge in [0.25, 0.3) is 0 Å². The van der Waals surface area contributed by atoms with Crippen LogP contribution >= 0.6 is 23.2 Å². The monoisotopic (exact) mass is 537 g/mol. The van der Waals surface area contributed by atoms with E-state index in [4.69, 9.17) is 32.7 Å². The summed E-state index contributed by atoms with van der Waals surface area (Å²) in [6.45, 7) is 4.42. The minimum atomic E-state index is -0.389. The van der Waals surface area contributed by atoms with Gasteiger partial charge in [-0.1, -0.05) is 61.3 Å². The number of rotatable bonds is 1. The number of fused-ring (bicyclic) bond motifs is 1. The van der Waals surface area contributed by atoms with Crippen molar-refractivity contribution < 1.29 is 19.1 Å². The van der Waals surface area contributed by atoms with Gasteiger partial charge in [0.1, 0.15) is 5.69 Å². The normalized spacial score (nSPS) is 16.5. The smallest absolute Gasteiger partial charge is 0.197 e. The van der Waals surface area contributed by atoms with Crippen LogP contribution < -0.4 is 14.4 Å². The van der Waals surface area contributed by atoms with E-state index < -0.39 is 0 Å². The van der Waals surface area contributed by atoms with Gasteiger partial charge in [-0.05, 0) is 59.2 Å². The van der Waals surface area contributed by atoms with Crippen LogP contribution in [-0.4, -0.2) is 11.6 Å². The molecule has 3 aliphatic heterocycles. The predicted octanol–water partition coefficient (Wildman–Crippen LogP) is 8.78. The van der Waals surface area contributed by atoms with Crippen LogP contribution in [0.4, 0.5) is 17.1 Å². The summed E-state index contributed by atoms with van der Waals surface area (Å²) in [5.41, 5.74) is 6.05. The molecular formula is C31H17Cl2NO4.